The van der Waals surface area contributed by atoms with Gasteiger partial charge in [0.15, 0.2) is 0 Å². The maximum Gasteiger partial charge on any atom is 0.338 e. The monoisotopic (exact) mass is 549 g/mol. The lowest BCUT2D eigenvalue weighted by Gasteiger charge is -2.42. The number of rotatable bonds is 13. The van der Waals surface area contributed by atoms with E-state index in [2.05, 4.69) is 59.0 Å². The first-order chi connectivity index (χ1) is 19.0. The van der Waals surface area contributed by atoms with Crippen molar-refractivity contribution in [3.05, 3.63) is 64.7 Å². The molecule has 1 aliphatic carbocycles. The van der Waals surface area contributed by atoms with Gasteiger partial charge in [0.25, 0.3) is 5.91 Å². The summed E-state index contributed by atoms with van der Waals surface area (Å²) in [5, 5.41) is 3.01. The zero-order valence-electron chi connectivity index (χ0n) is 25.2. The van der Waals surface area contributed by atoms with Gasteiger partial charge < -0.3 is 14.8 Å². The van der Waals surface area contributed by atoms with Gasteiger partial charge in [-0.1, -0.05) is 60.5 Å². The summed E-state index contributed by atoms with van der Waals surface area (Å²) < 4.78 is 10.8. The van der Waals surface area contributed by atoms with Gasteiger partial charge in [-0.25, -0.2) is 4.79 Å². The molecule has 0 unspecified atom stereocenters. The van der Waals surface area contributed by atoms with Crippen LogP contribution in [0.5, 0.6) is 0 Å². The van der Waals surface area contributed by atoms with Crippen LogP contribution in [0.4, 0.5) is 5.69 Å². The molecule has 0 fully saturated rings. The molecule has 0 heterocycles. The van der Waals surface area contributed by atoms with Crippen LogP contribution in [0.15, 0.2) is 42.5 Å². The van der Waals surface area contributed by atoms with Gasteiger partial charge in [0.05, 0.1) is 24.7 Å². The summed E-state index contributed by atoms with van der Waals surface area (Å²) in [5.41, 5.74) is 4.45. The molecular weight excluding hydrogens is 502 g/mol. The fourth-order valence-corrected chi connectivity index (χ4v) is 5.45. The van der Waals surface area contributed by atoms with Crippen molar-refractivity contribution >= 4 is 23.5 Å². The number of amides is 1. The zero-order chi connectivity index (χ0) is 29.3. The van der Waals surface area contributed by atoms with Crippen LogP contribution in [0.1, 0.15) is 125 Å². The lowest BCUT2D eigenvalue weighted by molar-refractivity contribution is -0.149. The van der Waals surface area contributed by atoms with Crippen LogP contribution in [0.25, 0.3) is 0 Å². The van der Waals surface area contributed by atoms with Crippen LogP contribution < -0.4 is 5.32 Å². The molecule has 2 aromatic rings. The Hall–Kier alpha value is -3.15. The number of anilines is 1. The second-order valence-corrected chi connectivity index (χ2v) is 12.3. The number of nitrogens with one attached hydrogen (secondary N) is 1. The molecule has 3 rings (SSSR count). The molecule has 218 valence electrons. The number of hydrogen-bond donors (Lipinski definition) is 1. The molecule has 0 aromatic heterocycles. The minimum Gasteiger partial charge on any atom is -0.465 e. The molecule has 1 N–H and O–H groups in total. The Bertz CT molecular complexity index is 1160. The minimum atomic E-state index is -0.436. The van der Waals surface area contributed by atoms with Crippen molar-refractivity contribution in [3.8, 4) is 0 Å². The van der Waals surface area contributed by atoms with E-state index in [4.69, 9.17) is 9.47 Å². The van der Waals surface area contributed by atoms with Crippen LogP contribution in [0, 0.1) is 5.92 Å². The van der Waals surface area contributed by atoms with E-state index in [1.165, 1.54) is 11.1 Å². The Morgan fingerprint density at radius 2 is 1.32 bits per heavy atom. The summed E-state index contributed by atoms with van der Waals surface area (Å²) >= 11 is 0. The molecule has 40 heavy (non-hydrogen) atoms. The smallest absolute Gasteiger partial charge is 0.338 e. The largest absolute Gasteiger partial charge is 0.465 e. The van der Waals surface area contributed by atoms with Crippen molar-refractivity contribution in [1.29, 1.82) is 0 Å². The molecule has 0 saturated heterocycles. The first-order valence-electron chi connectivity index (χ1n) is 14.9. The Kier molecular flexibility index (Phi) is 11.0. The standard InChI is InChI=1S/C34H47NO5/c1-7-11-25(12-8-2)31(37)39-21-9-10-22-40-32(38)26-15-13-24(14-16-26)30(36)35-27-17-18-28-29(23-27)34(5,6)20-19-33(28,3)4/h13-18,23,25H,7-12,19-22H2,1-6H3,(H,35,36). The second kappa shape index (κ2) is 14.0. The third-order valence-corrected chi connectivity index (χ3v) is 8.12. The normalized spacial score (nSPS) is 15.3. The van der Waals surface area contributed by atoms with Gasteiger partial charge in [-0.05, 0) is 96.9 Å². The van der Waals surface area contributed by atoms with Gasteiger partial charge in [-0.2, -0.15) is 0 Å². The maximum atomic E-state index is 12.9. The number of unbranched alkanes of at least 4 members (excludes halogenated alkanes) is 1. The van der Waals surface area contributed by atoms with Gasteiger partial charge >= 0.3 is 11.9 Å². The van der Waals surface area contributed by atoms with Gasteiger partial charge in [-0.15, -0.1) is 0 Å². The van der Waals surface area contributed by atoms with Gasteiger partial charge in [-0.3, -0.25) is 9.59 Å². The Labute approximate surface area is 240 Å². The van der Waals surface area contributed by atoms with Crippen molar-refractivity contribution in [2.75, 3.05) is 18.5 Å². The zero-order valence-corrected chi connectivity index (χ0v) is 25.2. The molecule has 0 atom stereocenters. The van der Waals surface area contributed by atoms with Crippen LogP contribution in [0.3, 0.4) is 0 Å². The average Bonchev–Trinajstić information content (AvgIpc) is 2.93. The molecule has 0 saturated carbocycles. The van der Waals surface area contributed by atoms with Gasteiger partial charge in [0, 0.05) is 11.3 Å². The summed E-state index contributed by atoms with van der Waals surface area (Å²) in [4.78, 5) is 37.6. The maximum absolute atomic E-state index is 12.9. The molecule has 0 bridgehead atoms. The predicted octanol–water partition coefficient (Wildman–Crippen LogP) is 7.98. The summed E-state index contributed by atoms with van der Waals surface area (Å²) in [6, 6.07) is 12.7. The minimum absolute atomic E-state index is 0.0181. The molecule has 1 aliphatic rings. The van der Waals surface area contributed by atoms with Crippen molar-refractivity contribution in [3.63, 3.8) is 0 Å². The van der Waals surface area contributed by atoms with E-state index in [1.807, 2.05) is 6.07 Å². The van der Waals surface area contributed by atoms with Gasteiger partial charge in [0.2, 0.25) is 0 Å². The van der Waals surface area contributed by atoms with Gasteiger partial charge in [0.1, 0.15) is 0 Å². The van der Waals surface area contributed by atoms with E-state index in [1.54, 1.807) is 24.3 Å². The molecule has 6 heteroatoms. The highest BCUT2D eigenvalue weighted by molar-refractivity contribution is 6.05. The number of carbonyl (C=O) groups is 3. The summed E-state index contributed by atoms with van der Waals surface area (Å²) in [6.07, 6.45) is 7.14. The first-order valence-corrected chi connectivity index (χ1v) is 14.9. The van der Waals surface area contributed by atoms with Crippen LogP contribution in [-0.2, 0) is 25.1 Å². The Morgan fingerprint density at radius 1 is 0.775 bits per heavy atom. The predicted molar refractivity (Wildman–Crippen MR) is 160 cm³/mol. The highest BCUT2D eigenvalue weighted by Crippen LogP contribution is 2.46. The summed E-state index contributed by atoms with van der Waals surface area (Å²) in [5.74, 6) is -0.795. The number of hydrogen-bond acceptors (Lipinski definition) is 5. The summed E-state index contributed by atoms with van der Waals surface area (Å²) in [7, 11) is 0. The Morgan fingerprint density at radius 3 is 1.93 bits per heavy atom. The molecular formula is C34H47NO5. The van der Waals surface area contributed by atoms with E-state index < -0.39 is 5.97 Å². The fourth-order valence-electron chi connectivity index (χ4n) is 5.45. The van der Waals surface area contributed by atoms with E-state index in [0.29, 0.717) is 30.6 Å². The summed E-state index contributed by atoms with van der Waals surface area (Å²) in [6.45, 7) is 13.8. The van der Waals surface area contributed by atoms with E-state index >= 15 is 0 Å². The fraction of sp³-hybridized carbons (Fsp3) is 0.559. The SMILES string of the molecule is CCCC(CCC)C(=O)OCCCCOC(=O)c1ccc(C(=O)Nc2ccc3c(c2)C(C)(C)CCC3(C)C)cc1. The lowest BCUT2D eigenvalue weighted by atomic mass is 9.63. The van der Waals surface area contributed by atoms with Crippen LogP contribution in [-0.4, -0.2) is 31.1 Å². The lowest BCUT2D eigenvalue weighted by Crippen LogP contribution is -2.33. The van der Waals surface area contributed by atoms with E-state index in [9.17, 15) is 14.4 Å². The van der Waals surface area contributed by atoms with Crippen LogP contribution >= 0.6 is 0 Å². The molecule has 6 nitrogen and oxygen atoms in total. The number of benzene rings is 2. The number of esters is 2. The van der Waals surface area contributed by atoms with Crippen molar-refractivity contribution < 1.29 is 23.9 Å². The average molecular weight is 550 g/mol. The van der Waals surface area contributed by atoms with E-state index in [-0.39, 0.29) is 35.2 Å². The first kappa shape index (κ1) is 31.4. The topological polar surface area (TPSA) is 81.7 Å². The molecule has 0 radical (unpaired) electrons. The van der Waals surface area contributed by atoms with Crippen LogP contribution in [0.2, 0.25) is 0 Å². The third kappa shape index (κ3) is 8.18. The van der Waals surface area contributed by atoms with E-state index in [0.717, 1.165) is 44.2 Å². The number of fused-ring (bicyclic) bond motifs is 1. The highest BCUT2D eigenvalue weighted by Gasteiger charge is 2.37. The quantitative estimate of drug-likeness (QED) is 0.202. The van der Waals surface area contributed by atoms with Crippen molar-refractivity contribution in [2.45, 2.75) is 104 Å². The molecule has 0 aliphatic heterocycles. The Balaban J connectivity index is 1.46. The third-order valence-electron chi connectivity index (χ3n) is 8.12. The molecule has 2 aromatic carbocycles. The molecule has 0 spiro atoms. The highest BCUT2D eigenvalue weighted by atomic mass is 16.5. The van der Waals surface area contributed by atoms with Crippen molar-refractivity contribution in [2.24, 2.45) is 5.92 Å². The number of ether oxygens (including phenoxy) is 2. The number of carbonyl (C=O) groups excluding carboxylic acids is 3. The van der Waals surface area contributed by atoms with Crippen molar-refractivity contribution in [1.82, 2.24) is 0 Å². The second-order valence-electron chi connectivity index (χ2n) is 12.3. The molecule has 1 amide bonds.